The second-order valence-electron chi connectivity index (χ2n) is 5.86. The molecule has 0 amide bonds. The summed E-state index contributed by atoms with van der Waals surface area (Å²) >= 11 is 18.6. The lowest BCUT2D eigenvalue weighted by Gasteiger charge is -2.15. The molecule has 0 unspecified atom stereocenters. The number of benzene rings is 3. The highest BCUT2D eigenvalue weighted by Gasteiger charge is 2.13. The van der Waals surface area contributed by atoms with Crippen molar-refractivity contribution in [3.63, 3.8) is 0 Å². The van der Waals surface area contributed by atoms with Gasteiger partial charge >= 0.3 is 0 Å². The number of methoxy groups -OCH3 is 1. The molecule has 0 saturated heterocycles. The minimum absolute atomic E-state index is 0.412. The maximum Gasteiger partial charge on any atom is 0.180 e. The van der Waals surface area contributed by atoms with Crippen LogP contribution in [0.1, 0.15) is 11.1 Å². The second-order valence-corrected chi connectivity index (χ2v) is 7.11. The molecule has 0 aliphatic heterocycles. The van der Waals surface area contributed by atoms with Crippen LogP contribution in [0.25, 0.3) is 0 Å². The number of anilines is 1. The highest BCUT2D eigenvalue weighted by Crippen LogP contribution is 2.37. The van der Waals surface area contributed by atoms with Crippen molar-refractivity contribution in [3.8, 4) is 11.5 Å². The van der Waals surface area contributed by atoms with Crippen LogP contribution in [0.2, 0.25) is 15.1 Å². The molecule has 0 atom stereocenters. The lowest BCUT2D eigenvalue weighted by atomic mass is 10.2. The zero-order valence-electron chi connectivity index (χ0n) is 14.6. The summed E-state index contributed by atoms with van der Waals surface area (Å²) in [6, 6.07) is 18.9. The Morgan fingerprint density at radius 1 is 0.852 bits per heavy atom. The molecule has 6 heteroatoms. The number of nitrogens with one attached hydrogen (secondary N) is 1. The van der Waals surface area contributed by atoms with Gasteiger partial charge in [-0.05, 0) is 41.5 Å². The Morgan fingerprint density at radius 2 is 1.63 bits per heavy atom. The molecule has 0 saturated carbocycles. The van der Waals surface area contributed by atoms with Gasteiger partial charge in [0.25, 0.3) is 0 Å². The van der Waals surface area contributed by atoms with E-state index >= 15 is 0 Å². The van der Waals surface area contributed by atoms with Crippen LogP contribution >= 0.6 is 34.8 Å². The van der Waals surface area contributed by atoms with Crippen molar-refractivity contribution < 1.29 is 9.47 Å². The summed E-state index contributed by atoms with van der Waals surface area (Å²) in [5.74, 6) is 1.11. The van der Waals surface area contributed by atoms with Crippen LogP contribution in [0, 0.1) is 0 Å². The van der Waals surface area contributed by atoms with Gasteiger partial charge in [0.15, 0.2) is 11.5 Å². The van der Waals surface area contributed by atoms with Crippen molar-refractivity contribution in [3.05, 3.63) is 86.9 Å². The molecule has 0 aliphatic rings. The van der Waals surface area contributed by atoms with Crippen LogP contribution in [-0.2, 0) is 13.2 Å². The molecule has 3 rings (SSSR count). The molecular weight excluding hydrogens is 405 g/mol. The van der Waals surface area contributed by atoms with Gasteiger partial charge in [0.05, 0.1) is 22.8 Å². The number of hydrogen-bond donors (Lipinski definition) is 1. The molecule has 27 heavy (non-hydrogen) atoms. The average molecular weight is 423 g/mol. The number of hydrogen-bond acceptors (Lipinski definition) is 3. The monoisotopic (exact) mass is 421 g/mol. The molecule has 140 valence electrons. The summed E-state index contributed by atoms with van der Waals surface area (Å²) in [4.78, 5) is 0. The van der Waals surface area contributed by atoms with E-state index in [1.165, 1.54) is 0 Å². The molecule has 0 heterocycles. The van der Waals surface area contributed by atoms with Crippen molar-refractivity contribution in [1.82, 2.24) is 0 Å². The predicted molar refractivity (Wildman–Crippen MR) is 113 cm³/mol. The number of halogens is 3. The lowest BCUT2D eigenvalue weighted by molar-refractivity contribution is 0.284. The summed E-state index contributed by atoms with van der Waals surface area (Å²) in [6.07, 6.45) is 0. The molecule has 0 radical (unpaired) electrons. The van der Waals surface area contributed by atoms with E-state index in [1.54, 1.807) is 19.2 Å². The highest BCUT2D eigenvalue weighted by molar-refractivity contribution is 6.36. The van der Waals surface area contributed by atoms with E-state index in [2.05, 4.69) is 5.32 Å². The average Bonchev–Trinajstić information content (AvgIpc) is 2.67. The van der Waals surface area contributed by atoms with Crippen molar-refractivity contribution in [2.24, 2.45) is 0 Å². The first-order chi connectivity index (χ1) is 13.1. The molecule has 3 nitrogen and oxygen atoms in total. The molecule has 0 aliphatic carbocycles. The summed E-state index contributed by atoms with van der Waals surface area (Å²) in [7, 11) is 1.59. The minimum Gasteiger partial charge on any atom is -0.493 e. The van der Waals surface area contributed by atoms with E-state index < -0.39 is 0 Å². The second kappa shape index (κ2) is 9.23. The fourth-order valence-electron chi connectivity index (χ4n) is 2.58. The third kappa shape index (κ3) is 5.23. The van der Waals surface area contributed by atoms with Gasteiger partial charge in [-0.2, -0.15) is 0 Å². The molecule has 0 spiro atoms. The Kier molecular flexibility index (Phi) is 6.73. The van der Waals surface area contributed by atoms with Gasteiger partial charge in [-0.3, -0.25) is 0 Å². The summed E-state index contributed by atoms with van der Waals surface area (Å²) in [5, 5.41) is 4.91. The molecule has 0 bridgehead atoms. The van der Waals surface area contributed by atoms with Crippen molar-refractivity contribution in [1.29, 1.82) is 0 Å². The van der Waals surface area contributed by atoms with Gasteiger partial charge in [-0.25, -0.2) is 0 Å². The quantitative estimate of drug-likeness (QED) is 0.452. The Hall–Kier alpha value is -2.07. The predicted octanol–water partition coefficient (Wildman–Crippen LogP) is 6.85. The van der Waals surface area contributed by atoms with Gasteiger partial charge < -0.3 is 14.8 Å². The maximum atomic E-state index is 6.44. The van der Waals surface area contributed by atoms with E-state index in [0.717, 1.165) is 16.8 Å². The van der Waals surface area contributed by atoms with Gasteiger partial charge in [0.2, 0.25) is 0 Å². The molecule has 3 aromatic rings. The minimum atomic E-state index is 0.412. The summed E-state index contributed by atoms with van der Waals surface area (Å²) < 4.78 is 11.3. The van der Waals surface area contributed by atoms with Crippen LogP contribution in [0.4, 0.5) is 5.69 Å². The molecule has 0 fully saturated rings. The van der Waals surface area contributed by atoms with Crippen molar-refractivity contribution in [2.75, 3.05) is 12.4 Å². The van der Waals surface area contributed by atoms with Gasteiger partial charge in [0.1, 0.15) is 6.61 Å². The standard InChI is InChI=1S/C21H18Cl3NO2/c1-26-20-10-15(12-25-19-8-7-16(22)11-17(19)23)9-18(24)21(20)27-13-14-5-3-2-4-6-14/h2-11,25H,12-13H2,1H3. The first-order valence-electron chi connectivity index (χ1n) is 8.29. The lowest BCUT2D eigenvalue weighted by Crippen LogP contribution is -2.03. The maximum absolute atomic E-state index is 6.44. The fraction of sp³-hybridized carbons (Fsp3) is 0.143. The normalized spacial score (nSPS) is 10.5. The molecule has 0 aromatic heterocycles. The topological polar surface area (TPSA) is 30.5 Å². The van der Waals surface area contributed by atoms with E-state index in [9.17, 15) is 0 Å². The first-order valence-corrected chi connectivity index (χ1v) is 9.42. The van der Waals surface area contributed by atoms with E-state index in [4.69, 9.17) is 44.3 Å². The summed E-state index contributed by atoms with van der Waals surface area (Å²) in [5.41, 5.74) is 2.79. The van der Waals surface area contributed by atoms with Crippen LogP contribution in [0.3, 0.4) is 0 Å². The smallest absolute Gasteiger partial charge is 0.180 e. The van der Waals surface area contributed by atoms with Gasteiger partial charge in [-0.1, -0.05) is 65.1 Å². The van der Waals surface area contributed by atoms with E-state index in [0.29, 0.717) is 39.7 Å². The third-order valence-electron chi connectivity index (χ3n) is 3.93. The Labute approximate surface area is 173 Å². The highest BCUT2D eigenvalue weighted by atomic mass is 35.5. The largest absolute Gasteiger partial charge is 0.493 e. The Morgan fingerprint density at radius 3 is 2.33 bits per heavy atom. The van der Waals surface area contributed by atoms with Crippen LogP contribution < -0.4 is 14.8 Å². The van der Waals surface area contributed by atoms with Crippen LogP contribution in [0.5, 0.6) is 11.5 Å². The van der Waals surface area contributed by atoms with E-state index in [1.807, 2.05) is 48.5 Å². The van der Waals surface area contributed by atoms with Crippen LogP contribution in [-0.4, -0.2) is 7.11 Å². The van der Waals surface area contributed by atoms with E-state index in [-0.39, 0.29) is 0 Å². The molecular formula is C21H18Cl3NO2. The zero-order valence-corrected chi connectivity index (χ0v) is 16.9. The Bertz CT molecular complexity index is 917. The van der Waals surface area contributed by atoms with Gasteiger partial charge in [0, 0.05) is 11.6 Å². The SMILES string of the molecule is COc1cc(CNc2ccc(Cl)cc2Cl)cc(Cl)c1OCc1ccccc1. The zero-order chi connectivity index (χ0) is 19.2. The first kappa shape index (κ1) is 19.7. The third-order valence-corrected chi connectivity index (χ3v) is 4.76. The van der Waals surface area contributed by atoms with Crippen LogP contribution in [0.15, 0.2) is 60.7 Å². The van der Waals surface area contributed by atoms with Crippen molar-refractivity contribution in [2.45, 2.75) is 13.2 Å². The number of ether oxygens (including phenoxy) is 2. The molecule has 3 aromatic carbocycles. The Balaban J connectivity index is 1.73. The number of rotatable bonds is 7. The summed E-state index contributed by atoms with van der Waals surface area (Å²) in [6.45, 7) is 0.936. The molecule has 1 N–H and O–H groups in total. The fourth-order valence-corrected chi connectivity index (χ4v) is 3.34. The van der Waals surface area contributed by atoms with Gasteiger partial charge in [-0.15, -0.1) is 0 Å². The van der Waals surface area contributed by atoms with Crippen molar-refractivity contribution >= 4 is 40.5 Å².